The SMILES string of the molecule is O=C1Nc2c(-c3ccc(Cl)cc3)cnn2C[C@H]1CC(=O)N1CCN(c2ccccc2)CC1. The first-order valence-corrected chi connectivity index (χ1v) is 11.2. The number of carbonyl (C=O) groups excluding carboxylic acids is 2. The summed E-state index contributed by atoms with van der Waals surface area (Å²) in [5.74, 6) is 0.119. The zero-order valence-corrected chi connectivity index (χ0v) is 18.3. The lowest BCUT2D eigenvalue weighted by Crippen LogP contribution is -2.49. The first-order chi connectivity index (χ1) is 15.6. The Morgan fingerprint density at radius 3 is 2.47 bits per heavy atom. The maximum Gasteiger partial charge on any atom is 0.231 e. The van der Waals surface area contributed by atoms with E-state index in [0.29, 0.717) is 30.5 Å². The topological polar surface area (TPSA) is 70.5 Å². The van der Waals surface area contributed by atoms with Gasteiger partial charge < -0.3 is 15.1 Å². The second-order valence-electron chi connectivity index (χ2n) is 8.19. The number of nitrogens with one attached hydrogen (secondary N) is 1. The van der Waals surface area contributed by atoms with Crippen molar-refractivity contribution in [2.24, 2.45) is 5.92 Å². The molecule has 0 bridgehead atoms. The largest absolute Gasteiger partial charge is 0.368 e. The Labute approximate surface area is 191 Å². The summed E-state index contributed by atoms with van der Waals surface area (Å²) < 4.78 is 1.77. The number of amides is 2. The monoisotopic (exact) mass is 449 g/mol. The number of benzene rings is 2. The van der Waals surface area contributed by atoms with Gasteiger partial charge in [-0.05, 0) is 29.8 Å². The quantitative estimate of drug-likeness (QED) is 0.661. The Kier molecular flexibility index (Phi) is 5.57. The van der Waals surface area contributed by atoms with E-state index < -0.39 is 5.92 Å². The molecule has 2 aromatic carbocycles. The van der Waals surface area contributed by atoms with E-state index in [-0.39, 0.29) is 18.2 Å². The number of para-hydroxylation sites is 1. The van der Waals surface area contributed by atoms with E-state index in [1.54, 1.807) is 10.9 Å². The first-order valence-electron chi connectivity index (χ1n) is 10.8. The zero-order chi connectivity index (χ0) is 22.1. The van der Waals surface area contributed by atoms with E-state index in [9.17, 15) is 9.59 Å². The van der Waals surface area contributed by atoms with Crippen molar-refractivity contribution in [1.29, 1.82) is 0 Å². The molecule has 0 unspecified atom stereocenters. The normalized spacial score (nSPS) is 18.3. The van der Waals surface area contributed by atoms with Gasteiger partial charge in [-0.25, -0.2) is 4.68 Å². The maximum absolute atomic E-state index is 12.9. The standard InChI is InChI=1S/C24H24ClN5O2/c25-19-8-6-17(7-9-19)21-15-26-30-16-18(24(32)27-23(21)30)14-22(31)29-12-10-28(11-13-29)20-4-2-1-3-5-20/h1-9,15,18H,10-14,16H2,(H,27,32)/t18-/m1/s1. The molecule has 0 aliphatic carbocycles. The number of halogens is 1. The van der Waals surface area contributed by atoms with E-state index in [1.165, 1.54) is 5.69 Å². The smallest absolute Gasteiger partial charge is 0.231 e. The summed E-state index contributed by atoms with van der Waals surface area (Å²) in [4.78, 5) is 29.9. The summed E-state index contributed by atoms with van der Waals surface area (Å²) in [6.45, 7) is 3.30. The second kappa shape index (κ2) is 8.67. The first kappa shape index (κ1) is 20.6. The third kappa shape index (κ3) is 4.08. The number of piperazine rings is 1. The number of aromatic nitrogens is 2. The molecule has 1 aromatic heterocycles. The van der Waals surface area contributed by atoms with E-state index in [0.717, 1.165) is 24.2 Å². The van der Waals surface area contributed by atoms with E-state index in [1.807, 2.05) is 47.4 Å². The van der Waals surface area contributed by atoms with Crippen LogP contribution in [0.1, 0.15) is 6.42 Å². The molecule has 7 nitrogen and oxygen atoms in total. The number of carbonyl (C=O) groups is 2. The number of fused-ring (bicyclic) bond motifs is 1. The molecule has 164 valence electrons. The van der Waals surface area contributed by atoms with Gasteiger partial charge in [-0.15, -0.1) is 0 Å². The Hall–Kier alpha value is -3.32. The van der Waals surface area contributed by atoms with Crippen LogP contribution in [0.4, 0.5) is 11.5 Å². The van der Waals surface area contributed by atoms with Crippen LogP contribution in [0.3, 0.4) is 0 Å². The molecule has 0 saturated carbocycles. The molecule has 1 fully saturated rings. The molecule has 2 aliphatic heterocycles. The van der Waals surface area contributed by atoms with Crippen LogP contribution in [0.5, 0.6) is 0 Å². The lowest BCUT2D eigenvalue weighted by molar-refractivity contribution is -0.135. The predicted molar refractivity (Wildman–Crippen MR) is 125 cm³/mol. The molecule has 3 aromatic rings. The molecule has 0 spiro atoms. The van der Waals surface area contributed by atoms with Gasteiger partial charge in [0.2, 0.25) is 11.8 Å². The zero-order valence-electron chi connectivity index (χ0n) is 17.6. The van der Waals surface area contributed by atoms with Gasteiger partial charge >= 0.3 is 0 Å². The van der Waals surface area contributed by atoms with Crippen LogP contribution in [0, 0.1) is 5.92 Å². The molecule has 1 saturated heterocycles. The highest BCUT2D eigenvalue weighted by Gasteiger charge is 2.32. The van der Waals surface area contributed by atoms with Crippen molar-refractivity contribution < 1.29 is 9.59 Å². The number of hydrogen-bond donors (Lipinski definition) is 1. The minimum atomic E-state index is -0.430. The van der Waals surface area contributed by atoms with Gasteiger partial charge in [0, 0.05) is 48.9 Å². The second-order valence-corrected chi connectivity index (χ2v) is 8.63. The van der Waals surface area contributed by atoms with Crippen LogP contribution in [0.15, 0.2) is 60.8 Å². The molecule has 5 rings (SSSR count). The molecule has 3 heterocycles. The lowest BCUT2D eigenvalue weighted by atomic mass is 10.0. The number of anilines is 2. The van der Waals surface area contributed by atoms with Crippen molar-refractivity contribution in [3.05, 3.63) is 65.8 Å². The molecule has 8 heteroatoms. The maximum atomic E-state index is 12.9. The number of nitrogens with zero attached hydrogens (tertiary/aromatic N) is 4. The number of rotatable bonds is 4. The third-order valence-electron chi connectivity index (χ3n) is 6.18. The van der Waals surface area contributed by atoms with Gasteiger partial charge in [0.05, 0.1) is 18.7 Å². The fourth-order valence-electron chi connectivity index (χ4n) is 4.36. The fraction of sp³-hybridized carbons (Fsp3) is 0.292. The molecular formula is C24H24ClN5O2. The number of hydrogen-bond acceptors (Lipinski definition) is 4. The Bertz CT molecular complexity index is 1120. The van der Waals surface area contributed by atoms with Gasteiger partial charge in [-0.1, -0.05) is 41.9 Å². The van der Waals surface area contributed by atoms with Crippen molar-refractivity contribution >= 4 is 34.9 Å². The fourth-order valence-corrected chi connectivity index (χ4v) is 4.48. The van der Waals surface area contributed by atoms with Crippen LogP contribution in [0.2, 0.25) is 5.02 Å². The van der Waals surface area contributed by atoms with Gasteiger partial charge in [-0.3, -0.25) is 9.59 Å². The average molecular weight is 450 g/mol. The summed E-state index contributed by atoms with van der Waals surface area (Å²) >= 11 is 5.98. The highest BCUT2D eigenvalue weighted by molar-refractivity contribution is 6.30. The van der Waals surface area contributed by atoms with Crippen LogP contribution in [0.25, 0.3) is 11.1 Å². The van der Waals surface area contributed by atoms with Gasteiger partial charge in [0.25, 0.3) is 0 Å². The molecule has 2 amide bonds. The van der Waals surface area contributed by atoms with Crippen molar-refractivity contribution in [1.82, 2.24) is 14.7 Å². The Balaban J connectivity index is 1.21. The molecule has 32 heavy (non-hydrogen) atoms. The van der Waals surface area contributed by atoms with Gasteiger partial charge in [-0.2, -0.15) is 5.10 Å². The van der Waals surface area contributed by atoms with Crippen molar-refractivity contribution in [3.8, 4) is 11.1 Å². The summed E-state index contributed by atoms with van der Waals surface area (Å²) in [6, 6.07) is 17.6. The van der Waals surface area contributed by atoms with Crippen LogP contribution in [-0.4, -0.2) is 52.7 Å². The van der Waals surface area contributed by atoms with Gasteiger partial charge in [0.1, 0.15) is 5.82 Å². The summed E-state index contributed by atoms with van der Waals surface area (Å²) in [5.41, 5.74) is 2.95. The Morgan fingerprint density at radius 2 is 1.75 bits per heavy atom. The molecule has 1 N–H and O–H groups in total. The lowest BCUT2D eigenvalue weighted by Gasteiger charge is -2.36. The minimum absolute atomic E-state index is 0.0198. The summed E-state index contributed by atoms with van der Waals surface area (Å²) in [5, 5.41) is 8.05. The van der Waals surface area contributed by atoms with Crippen LogP contribution < -0.4 is 10.2 Å². The highest BCUT2D eigenvalue weighted by Crippen LogP contribution is 2.32. The highest BCUT2D eigenvalue weighted by atomic mass is 35.5. The van der Waals surface area contributed by atoms with E-state index in [4.69, 9.17) is 11.6 Å². The molecule has 0 radical (unpaired) electrons. The van der Waals surface area contributed by atoms with Crippen molar-refractivity contribution in [2.45, 2.75) is 13.0 Å². The molecule has 2 aliphatic rings. The minimum Gasteiger partial charge on any atom is -0.368 e. The third-order valence-corrected chi connectivity index (χ3v) is 6.43. The van der Waals surface area contributed by atoms with Crippen LogP contribution >= 0.6 is 11.6 Å². The van der Waals surface area contributed by atoms with E-state index >= 15 is 0 Å². The molecule has 1 atom stereocenters. The van der Waals surface area contributed by atoms with E-state index in [2.05, 4.69) is 27.4 Å². The molecular weight excluding hydrogens is 426 g/mol. The average Bonchev–Trinajstić information content (AvgIpc) is 3.23. The van der Waals surface area contributed by atoms with Crippen LogP contribution in [-0.2, 0) is 16.1 Å². The van der Waals surface area contributed by atoms with Crippen molar-refractivity contribution in [3.63, 3.8) is 0 Å². The van der Waals surface area contributed by atoms with Gasteiger partial charge in [0.15, 0.2) is 0 Å². The summed E-state index contributed by atoms with van der Waals surface area (Å²) in [6.07, 6.45) is 1.93. The van der Waals surface area contributed by atoms with Crippen molar-refractivity contribution in [2.75, 3.05) is 36.4 Å². The Morgan fingerprint density at radius 1 is 1.03 bits per heavy atom. The summed E-state index contributed by atoms with van der Waals surface area (Å²) in [7, 11) is 0. The predicted octanol–water partition coefficient (Wildman–Crippen LogP) is 3.51.